The summed E-state index contributed by atoms with van der Waals surface area (Å²) in [6.07, 6.45) is 2.58. The fourth-order valence-corrected chi connectivity index (χ4v) is 2.31. The molecule has 2 rings (SSSR count). The Morgan fingerprint density at radius 2 is 2.39 bits per heavy atom. The zero-order chi connectivity index (χ0) is 13.0. The van der Waals surface area contributed by atoms with Crippen molar-refractivity contribution in [2.75, 3.05) is 26.7 Å². The molecule has 1 fully saturated rings. The number of hydrogen-bond donors (Lipinski definition) is 1. The molecule has 1 saturated heterocycles. The normalized spacial score (nSPS) is 19.1. The molecule has 1 aliphatic heterocycles. The number of carbonyl (C=O) groups excluding carboxylic acids is 1. The van der Waals surface area contributed by atoms with Crippen LogP contribution in [0.25, 0.3) is 0 Å². The van der Waals surface area contributed by atoms with Crippen molar-refractivity contribution in [1.82, 2.24) is 10.2 Å². The van der Waals surface area contributed by atoms with E-state index in [0.717, 1.165) is 44.0 Å². The van der Waals surface area contributed by atoms with E-state index in [1.807, 2.05) is 31.0 Å². The van der Waals surface area contributed by atoms with Crippen LogP contribution in [0.3, 0.4) is 0 Å². The maximum atomic E-state index is 12.0. The lowest BCUT2D eigenvalue weighted by Gasteiger charge is -2.18. The Morgan fingerprint density at radius 3 is 3.00 bits per heavy atom. The Bertz CT molecular complexity index is 394. The van der Waals surface area contributed by atoms with Gasteiger partial charge in [0.1, 0.15) is 11.5 Å². The smallest absolute Gasteiger partial charge is 0.222 e. The second-order valence-corrected chi connectivity index (χ2v) is 5.14. The maximum Gasteiger partial charge on any atom is 0.222 e. The van der Waals surface area contributed by atoms with Gasteiger partial charge in [-0.1, -0.05) is 0 Å². The lowest BCUT2D eigenvalue weighted by Crippen LogP contribution is -2.30. The van der Waals surface area contributed by atoms with Gasteiger partial charge in [-0.3, -0.25) is 4.79 Å². The fourth-order valence-electron chi connectivity index (χ4n) is 2.31. The highest BCUT2D eigenvalue weighted by Gasteiger charge is 2.20. The quantitative estimate of drug-likeness (QED) is 0.863. The lowest BCUT2D eigenvalue weighted by molar-refractivity contribution is -0.130. The molecule has 2 heterocycles. The SMILES string of the molecule is Cc1ccc(CCN(C)C(=O)CC2CCNC2)o1. The van der Waals surface area contributed by atoms with Crippen LogP contribution >= 0.6 is 0 Å². The summed E-state index contributed by atoms with van der Waals surface area (Å²) in [5, 5.41) is 3.29. The molecule has 100 valence electrons. The van der Waals surface area contributed by atoms with E-state index in [1.165, 1.54) is 0 Å². The third-order valence-electron chi connectivity index (χ3n) is 3.54. The number of hydrogen-bond acceptors (Lipinski definition) is 3. The Kier molecular flexibility index (Phi) is 4.42. The highest BCUT2D eigenvalue weighted by Crippen LogP contribution is 2.14. The molecule has 0 aromatic carbocycles. The zero-order valence-electron chi connectivity index (χ0n) is 11.2. The maximum absolute atomic E-state index is 12.0. The highest BCUT2D eigenvalue weighted by atomic mass is 16.3. The third-order valence-corrected chi connectivity index (χ3v) is 3.54. The second-order valence-electron chi connectivity index (χ2n) is 5.14. The van der Waals surface area contributed by atoms with E-state index >= 15 is 0 Å². The molecule has 1 aromatic heterocycles. The fraction of sp³-hybridized carbons (Fsp3) is 0.643. The van der Waals surface area contributed by atoms with Crippen LogP contribution in [0.4, 0.5) is 0 Å². The highest BCUT2D eigenvalue weighted by molar-refractivity contribution is 5.76. The number of nitrogens with zero attached hydrogens (tertiary/aromatic N) is 1. The number of amides is 1. The molecule has 0 spiro atoms. The first-order chi connectivity index (χ1) is 8.65. The van der Waals surface area contributed by atoms with Crippen LogP contribution < -0.4 is 5.32 Å². The number of likely N-dealkylation sites (N-methyl/N-ethyl adjacent to an activating group) is 1. The van der Waals surface area contributed by atoms with Crippen molar-refractivity contribution in [2.45, 2.75) is 26.2 Å². The molecule has 1 N–H and O–H groups in total. The van der Waals surface area contributed by atoms with Crippen molar-refractivity contribution < 1.29 is 9.21 Å². The largest absolute Gasteiger partial charge is 0.466 e. The minimum absolute atomic E-state index is 0.243. The van der Waals surface area contributed by atoms with Gasteiger partial charge in [-0.2, -0.15) is 0 Å². The van der Waals surface area contributed by atoms with E-state index in [-0.39, 0.29) is 5.91 Å². The summed E-state index contributed by atoms with van der Waals surface area (Å²) in [4.78, 5) is 13.8. The molecular weight excluding hydrogens is 228 g/mol. The van der Waals surface area contributed by atoms with Crippen LogP contribution in [0.2, 0.25) is 0 Å². The van der Waals surface area contributed by atoms with Crippen LogP contribution in [-0.2, 0) is 11.2 Å². The first-order valence-corrected chi connectivity index (χ1v) is 6.65. The van der Waals surface area contributed by atoms with Crippen LogP contribution in [0.5, 0.6) is 0 Å². The van der Waals surface area contributed by atoms with Crippen molar-refractivity contribution in [3.63, 3.8) is 0 Å². The zero-order valence-corrected chi connectivity index (χ0v) is 11.2. The summed E-state index contributed by atoms with van der Waals surface area (Å²) >= 11 is 0. The van der Waals surface area contributed by atoms with E-state index < -0.39 is 0 Å². The Morgan fingerprint density at radius 1 is 1.56 bits per heavy atom. The molecule has 1 aromatic rings. The van der Waals surface area contributed by atoms with E-state index in [2.05, 4.69) is 5.32 Å². The predicted octanol–water partition coefficient (Wildman–Crippen LogP) is 1.59. The van der Waals surface area contributed by atoms with E-state index in [1.54, 1.807) is 0 Å². The average molecular weight is 250 g/mol. The molecule has 0 radical (unpaired) electrons. The van der Waals surface area contributed by atoms with Gasteiger partial charge in [0.05, 0.1) is 0 Å². The summed E-state index contributed by atoms with van der Waals surface area (Å²) in [5.41, 5.74) is 0. The summed E-state index contributed by atoms with van der Waals surface area (Å²) in [6, 6.07) is 3.94. The molecule has 0 bridgehead atoms. The van der Waals surface area contributed by atoms with Crippen LogP contribution in [0.15, 0.2) is 16.5 Å². The number of furan rings is 1. The summed E-state index contributed by atoms with van der Waals surface area (Å²) in [5.74, 6) is 2.64. The van der Waals surface area contributed by atoms with Gasteiger partial charge in [-0.25, -0.2) is 0 Å². The van der Waals surface area contributed by atoms with Crippen molar-refractivity contribution in [3.8, 4) is 0 Å². The number of aryl methyl sites for hydroxylation is 1. The number of nitrogens with one attached hydrogen (secondary N) is 1. The monoisotopic (exact) mass is 250 g/mol. The summed E-state index contributed by atoms with van der Waals surface area (Å²) in [7, 11) is 1.88. The molecule has 18 heavy (non-hydrogen) atoms. The molecular formula is C14H22N2O2. The van der Waals surface area contributed by atoms with Crippen molar-refractivity contribution in [1.29, 1.82) is 0 Å². The van der Waals surface area contributed by atoms with E-state index in [0.29, 0.717) is 12.3 Å². The van der Waals surface area contributed by atoms with Gasteiger partial charge in [0.2, 0.25) is 5.91 Å². The molecule has 1 atom stereocenters. The van der Waals surface area contributed by atoms with Crippen molar-refractivity contribution >= 4 is 5.91 Å². The van der Waals surface area contributed by atoms with Gasteiger partial charge < -0.3 is 14.6 Å². The molecule has 0 aliphatic carbocycles. The molecule has 0 saturated carbocycles. The van der Waals surface area contributed by atoms with Gasteiger partial charge >= 0.3 is 0 Å². The minimum Gasteiger partial charge on any atom is -0.466 e. The molecule has 4 nitrogen and oxygen atoms in total. The van der Waals surface area contributed by atoms with Crippen molar-refractivity contribution in [2.24, 2.45) is 5.92 Å². The Hall–Kier alpha value is -1.29. The number of carbonyl (C=O) groups is 1. The predicted molar refractivity (Wildman–Crippen MR) is 70.4 cm³/mol. The van der Waals surface area contributed by atoms with Gasteiger partial charge in [-0.05, 0) is 44.5 Å². The molecule has 1 amide bonds. The standard InChI is InChI=1S/C14H22N2O2/c1-11-3-4-13(18-11)6-8-16(2)14(17)9-12-5-7-15-10-12/h3-4,12,15H,5-10H2,1-2H3. The van der Waals surface area contributed by atoms with Gasteiger partial charge in [0.15, 0.2) is 0 Å². The average Bonchev–Trinajstić information content (AvgIpc) is 2.97. The third kappa shape index (κ3) is 3.60. The first kappa shape index (κ1) is 13.1. The summed E-state index contributed by atoms with van der Waals surface area (Å²) < 4.78 is 5.50. The lowest BCUT2D eigenvalue weighted by atomic mass is 10.0. The molecule has 4 heteroatoms. The minimum atomic E-state index is 0.243. The second kappa shape index (κ2) is 6.05. The number of rotatable bonds is 5. The first-order valence-electron chi connectivity index (χ1n) is 6.65. The van der Waals surface area contributed by atoms with Gasteiger partial charge in [-0.15, -0.1) is 0 Å². The van der Waals surface area contributed by atoms with Crippen LogP contribution in [-0.4, -0.2) is 37.5 Å². The van der Waals surface area contributed by atoms with E-state index in [9.17, 15) is 4.79 Å². The van der Waals surface area contributed by atoms with Gasteiger partial charge in [0.25, 0.3) is 0 Å². The topological polar surface area (TPSA) is 45.5 Å². The van der Waals surface area contributed by atoms with Crippen LogP contribution in [0, 0.1) is 12.8 Å². The Balaban J connectivity index is 1.73. The molecule has 1 aliphatic rings. The van der Waals surface area contributed by atoms with Crippen molar-refractivity contribution in [3.05, 3.63) is 23.7 Å². The van der Waals surface area contributed by atoms with E-state index in [4.69, 9.17) is 4.42 Å². The van der Waals surface area contributed by atoms with Crippen LogP contribution in [0.1, 0.15) is 24.4 Å². The summed E-state index contributed by atoms with van der Waals surface area (Å²) in [6.45, 7) is 4.70. The Labute approximate surface area is 108 Å². The van der Waals surface area contributed by atoms with Gasteiger partial charge in [0, 0.05) is 26.4 Å². The molecule has 1 unspecified atom stereocenters.